The van der Waals surface area contributed by atoms with E-state index in [0.29, 0.717) is 6.42 Å². The summed E-state index contributed by atoms with van der Waals surface area (Å²) in [6, 6.07) is 12.2. The van der Waals surface area contributed by atoms with E-state index < -0.39 is 0 Å². The van der Waals surface area contributed by atoms with Crippen LogP contribution in [-0.4, -0.2) is 38.4 Å². The number of aromatic nitrogens is 3. The molecular formula is C23H24N4O. The number of imidazole rings is 1. The predicted molar refractivity (Wildman–Crippen MR) is 108 cm³/mol. The van der Waals surface area contributed by atoms with Crippen molar-refractivity contribution in [3.05, 3.63) is 71.9 Å². The summed E-state index contributed by atoms with van der Waals surface area (Å²) in [7, 11) is 0. The van der Waals surface area contributed by atoms with Gasteiger partial charge in [-0.2, -0.15) is 0 Å². The summed E-state index contributed by atoms with van der Waals surface area (Å²) >= 11 is 0. The number of fused-ring (bicyclic) bond motifs is 2. The van der Waals surface area contributed by atoms with Crippen molar-refractivity contribution < 1.29 is 4.79 Å². The lowest BCUT2D eigenvalue weighted by atomic mass is 9.85. The second kappa shape index (κ2) is 6.59. The number of hydrogen-bond donors (Lipinski definition) is 0. The van der Waals surface area contributed by atoms with Crippen LogP contribution in [0.5, 0.6) is 0 Å². The topological polar surface area (TPSA) is 51.0 Å². The van der Waals surface area contributed by atoms with Crippen molar-refractivity contribution in [3.63, 3.8) is 0 Å². The Bertz CT molecular complexity index is 1030. The maximum Gasteiger partial charge on any atom is 0.227 e. The van der Waals surface area contributed by atoms with E-state index in [-0.39, 0.29) is 11.3 Å². The van der Waals surface area contributed by atoms with Gasteiger partial charge in [0.2, 0.25) is 5.91 Å². The number of aryl methyl sites for hydroxylation is 1. The smallest absolute Gasteiger partial charge is 0.227 e. The van der Waals surface area contributed by atoms with E-state index in [4.69, 9.17) is 4.98 Å². The summed E-state index contributed by atoms with van der Waals surface area (Å²) in [6.45, 7) is 4.63. The van der Waals surface area contributed by atoms with Crippen molar-refractivity contribution in [2.45, 2.75) is 38.1 Å². The minimum absolute atomic E-state index is 0.00184. The lowest BCUT2D eigenvalue weighted by molar-refractivity contribution is -0.129. The molecule has 142 valence electrons. The summed E-state index contributed by atoms with van der Waals surface area (Å²) in [5.41, 5.74) is 4.54. The molecule has 0 N–H and O–H groups in total. The summed E-state index contributed by atoms with van der Waals surface area (Å²) < 4.78 is 2.33. The highest BCUT2D eigenvalue weighted by molar-refractivity contribution is 5.79. The van der Waals surface area contributed by atoms with Crippen LogP contribution in [0.4, 0.5) is 0 Å². The highest BCUT2D eigenvalue weighted by Gasteiger charge is 2.47. The average Bonchev–Trinajstić information content (AvgIpc) is 3.42. The van der Waals surface area contributed by atoms with Crippen molar-refractivity contribution in [2.24, 2.45) is 0 Å². The number of carbonyl (C=O) groups is 1. The molecule has 4 heterocycles. The van der Waals surface area contributed by atoms with Gasteiger partial charge in [-0.05, 0) is 43.0 Å². The molecular weight excluding hydrogens is 348 g/mol. The molecule has 1 saturated heterocycles. The number of pyridine rings is 1. The third-order valence-electron chi connectivity index (χ3n) is 6.41. The molecule has 3 aromatic rings. The Kier molecular flexibility index (Phi) is 4.04. The van der Waals surface area contributed by atoms with Gasteiger partial charge in [-0.3, -0.25) is 9.78 Å². The molecule has 1 aromatic carbocycles. The molecule has 2 aliphatic rings. The van der Waals surface area contributed by atoms with Crippen molar-refractivity contribution >= 4 is 5.91 Å². The van der Waals surface area contributed by atoms with Gasteiger partial charge in [-0.25, -0.2) is 4.98 Å². The van der Waals surface area contributed by atoms with Crippen molar-refractivity contribution in [2.75, 3.05) is 13.1 Å². The number of rotatable bonds is 3. The molecule has 1 amide bonds. The normalized spacial score (nSPS) is 20.7. The minimum atomic E-state index is 0.00184. The molecule has 5 nitrogen and oxygen atoms in total. The zero-order valence-corrected chi connectivity index (χ0v) is 16.1. The number of amides is 1. The summed E-state index contributed by atoms with van der Waals surface area (Å²) in [5.74, 6) is 1.36. The molecule has 2 aromatic heterocycles. The van der Waals surface area contributed by atoms with Crippen LogP contribution in [0.1, 0.15) is 29.8 Å². The fraction of sp³-hybridized carbons (Fsp3) is 0.348. The van der Waals surface area contributed by atoms with Gasteiger partial charge in [0.05, 0.1) is 18.3 Å². The van der Waals surface area contributed by atoms with Crippen LogP contribution in [0.15, 0.2) is 55.0 Å². The molecule has 0 aliphatic carbocycles. The SMILES string of the molecule is Cc1ccccc1CC(=O)N1CC[C@]2(CCn3c(-c4cccnc4)cnc32)C1. The van der Waals surface area contributed by atoms with Gasteiger partial charge in [-0.1, -0.05) is 24.3 Å². The van der Waals surface area contributed by atoms with Crippen LogP contribution in [0, 0.1) is 6.92 Å². The first-order chi connectivity index (χ1) is 13.7. The first-order valence-electron chi connectivity index (χ1n) is 9.95. The van der Waals surface area contributed by atoms with Crippen molar-refractivity contribution in [1.82, 2.24) is 19.4 Å². The van der Waals surface area contributed by atoms with Crippen LogP contribution >= 0.6 is 0 Å². The molecule has 0 radical (unpaired) electrons. The molecule has 28 heavy (non-hydrogen) atoms. The van der Waals surface area contributed by atoms with Crippen LogP contribution in [0.2, 0.25) is 0 Å². The van der Waals surface area contributed by atoms with Gasteiger partial charge in [0.15, 0.2) is 0 Å². The van der Waals surface area contributed by atoms with Gasteiger partial charge in [0.1, 0.15) is 5.82 Å². The largest absolute Gasteiger partial charge is 0.341 e. The number of likely N-dealkylation sites (tertiary alicyclic amines) is 1. The van der Waals surface area contributed by atoms with Gasteiger partial charge in [0.25, 0.3) is 0 Å². The number of carbonyl (C=O) groups excluding carboxylic acids is 1. The molecule has 2 aliphatic heterocycles. The van der Waals surface area contributed by atoms with Crippen LogP contribution in [-0.2, 0) is 23.2 Å². The van der Waals surface area contributed by atoms with E-state index in [0.717, 1.165) is 55.1 Å². The molecule has 1 atom stereocenters. The first-order valence-corrected chi connectivity index (χ1v) is 9.95. The third-order valence-corrected chi connectivity index (χ3v) is 6.41. The number of hydrogen-bond acceptors (Lipinski definition) is 3. The van der Waals surface area contributed by atoms with Gasteiger partial charge in [0, 0.05) is 43.0 Å². The second-order valence-corrected chi connectivity index (χ2v) is 8.06. The summed E-state index contributed by atoms with van der Waals surface area (Å²) in [5, 5.41) is 0. The average molecular weight is 372 g/mol. The van der Waals surface area contributed by atoms with E-state index in [1.807, 2.05) is 35.5 Å². The lowest BCUT2D eigenvalue weighted by Crippen LogP contribution is -2.34. The number of nitrogens with zero attached hydrogens (tertiary/aromatic N) is 4. The first kappa shape index (κ1) is 17.2. The van der Waals surface area contributed by atoms with E-state index in [2.05, 4.69) is 34.7 Å². The molecule has 0 bridgehead atoms. The quantitative estimate of drug-likeness (QED) is 0.708. The van der Waals surface area contributed by atoms with Crippen molar-refractivity contribution in [1.29, 1.82) is 0 Å². The van der Waals surface area contributed by atoms with Crippen LogP contribution in [0.25, 0.3) is 11.3 Å². The van der Waals surface area contributed by atoms with Crippen LogP contribution in [0.3, 0.4) is 0 Å². The molecule has 0 unspecified atom stereocenters. The molecule has 5 rings (SSSR count). The van der Waals surface area contributed by atoms with E-state index in [9.17, 15) is 4.79 Å². The number of benzene rings is 1. The Labute approximate surface area is 165 Å². The Morgan fingerprint density at radius 1 is 1.11 bits per heavy atom. The van der Waals surface area contributed by atoms with E-state index in [1.54, 1.807) is 6.20 Å². The van der Waals surface area contributed by atoms with Gasteiger partial charge < -0.3 is 9.47 Å². The monoisotopic (exact) mass is 372 g/mol. The zero-order valence-electron chi connectivity index (χ0n) is 16.1. The third kappa shape index (κ3) is 2.73. The van der Waals surface area contributed by atoms with Crippen LogP contribution < -0.4 is 0 Å². The maximum absolute atomic E-state index is 12.9. The van der Waals surface area contributed by atoms with Gasteiger partial charge >= 0.3 is 0 Å². The Hall–Kier alpha value is -2.95. The Morgan fingerprint density at radius 2 is 1.96 bits per heavy atom. The van der Waals surface area contributed by atoms with Gasteiger partial charge in [-0.15, -0.1) is 0 Å². The minimum Gasteiger partial charge on any atom is -0.341 e. The summed E-state index contributed by atoms with van der Waals surface area (Å²) in [4.78, 5) is 24.0. The molecule has 1 spiro atoms. The zero-order chi connectivity index (χ0) is 19.1. The fourth-order valence-electron chi connectivity index (χ4n) is 4.76. The fourth-order valence-corrected chi connectivity index (χ4v) is 4.76. The van der Waals surface area contributed by atoms with E-state index >= 15 is 0 Å². The van der Waals surface area contributed by atoms with Crippen molar-refractivity contribution in [3.8, 4) is 11.3 Å². The molecule has 5 heteroatoms. The molecule has 1 fully saturated rings. The maximum atomic E-state index is 12.9. The Balaban J connectivity index is 1.36. The van der Waals surface area contributed by atoms with E-state index in [1.165, 1.54) is 5.56 Å². The highest BCUT2D eigenvalue weighted by atomic mass is 16.2. The standard InChI is InChI=1S/C23H24N4O/c1-17-5-2-3-6-18(17)13-21(28)26-11-8-23(16-26)9-12-27-20(15-25-22(23)27)19-7-4-10-24-14-19/h2-7,10,14-15H,8-9,11-13,16H2,1H3/t23-/m0/s1. The highest BCUT2D eigenvalue weighted by Crippen LogP contribution is 2.43. The lowest BCUT2D eigenvalue weighted by Gasteiger charge is -2.23. The second-order valence-electron chi connectivity index (χ2n) is 8.06. The summed E-state index contributed by atoms with van der Waals surface area (Å²) in [6.07, 6.45) is 8.18. The Morgan fingerprint density at radius 3 is 2.79 bits per heavy atom. The molecule has 0 saturated carbocycles. The predicted octanol–water partition coefficient (Wildman–Crippen LogP) is 3.37.